The number of hydrogen-bond donors (Lipinski definition) is 2. The fourth-order valence-corrected chi connectivity index (χ4v) is 3.38. The average molecular weight is 517 g/mol. The van der Waals surface area contributed by atoms with Crippen LogP contribution in [-0.4, -0.2) is 72.1 Å². The molecule has 3 rings (SSSR count). The maximum Gasteiger partial charge on any atom is 0.191 e. The summed E-state index contributed by atoms with van der Waals surface area (Å²) in [6, 6.07) is 4.21. The Hall–Kier alpha value is -1.66. The Balaban J connectivity index is 0.00000300. The number of furan rings is 1. The molecular formula is C19H32IN7O2. The van der Waals surface area contributed by atoms with Crippen LogP contribution in [0.1, 0.15) is 30.3 Å². The molecule has 0 aliphatic carbocycles. The number of hydrogen-bond acceptors (Lipinski definition) is 6. The molecule has 2 N–H and O–H groups in total. The van der Waals surface area contributed by atoms with Gasteiger partial charge in [0.25, 0.3) is 0 Å². The van der Waals surface area contributed by atoms with Crippen molar-refractivity contribution < 1.29 is 9.15 Å². The summed E-state index contributed by atoms with van der Waals surface area (Å²) in [5, 5.41) is 14.9. The zero-order chi connectivity index (χ0) is 19.8. The van der Waals surface area contributed by atoms with Gasteiger partial charge in [0, 0.05) is 46.2 Å². The number of aromatic nitrogens is 3. The van der Waals surface area contributed by atoms with Crippen molar-refractivity contribution in [3.8, 4) is 0 Å². The van der Waals surface area contributed by atoms with Crippen LogP contribution in [0.4, 0.5) is 0 Å². The lowest BCUT2D eigenvalue weighted by Crippen LogP contribution is -2.46. The van der Waals surface area contributed by atoms with Crippen LogP contribution in [0.2, 0.25) is 0 Å². The third-order valence-corrected chi connectivity index (χ3v) is 4.92. The highest BCUT2D eigenvalue weighted by Gasteiger charge is 2.25. The highest BCUT2D eigenvalue weighted by Crippen LogP contribution is 2.23. The summed E-state index contributed by atoms with van der Waals surface area (Å²) >= 11 is 0. The Bertz CT molecular complexity index is 755. The molecule has 0 bridgehead atoms. The number of rotatable bonds is 8. The molecule has 0 amide bonds. The van der Waals surface area contributed by atoms with Gasteiger partial charge in [-0.05, 0) is 19.1 Å². The Labute approximate surface area is 189 Å². The van der Waals surface area contributed by atoms with Crippen molar-refractivity contribution >= 4 is 29.9 Å². The highest BCUT2D eigenvalue weighted by atomic mass is 127. The van der Waals surface area contributed by atoms with Crippen molar-refractivity contribution in [1.82, 2.24) is 30.3 Å². The Morgan fingerprint density at radius 2 is 2.07 bits per heavy atom. The van der Waals surface area contributed by atoms with Crippen LogP contribution in [0.15, 0.2) is 27.9 Å². The molecule has 1 aliphatic rings. The summed E-state index contributed by atoms with van der Waals surface area (Å²) in [5.74, 6) is 3.66. The Kier molecular flexibility index (Phi) is 9.88. The summed E-state index contributed by atoms with van der Waals surface area (Å²) in [5.41, 5.74) is 0. The molecular weight excluding hydrogens is 485 g/mol. The molecule has 0 radical (unpaired) electrons. The zero-order valence-electron chi connectivity index (χ0n) is 17.4. The van der Waals surface area contributed by atoms with E-state index >= 15 is 0 Å². The minimum absolute atomic E-state index is 0. The molecule has 1 atom stereocenters. The molecule has 162 valence electrons. The van der Waals surface area contributed by atoms with Crippen LogP contribution in [0.5, 0.6) is 0 Å². The lowest BCUT2D eigenvalue weighted by Gasteiger charge is -2.33. The molecule has 0 spiro atoms. The molecule has 2 aromatic heterocycles. The van der Waals surface area contributed by atoms with Crippen LogP contribution >= 0.6 is 24.0 Å². The number of halogens is 1. The lowest BCUT2D eigenvalue weighted by atomic mass is 10.1. The number of aliphatic imine (C=N–C) groups is 1. The van der Waals surface area contributed by atoms with Gasteiger partial charge in [-0.3, -0.25) is 9.89 Å². The number of morpholine rings is 1. The van der Waals surface area contributed by atoms with E-state index in [0.717, 1.165) is 69.1 Å². The first-order valence-corrected chi connectivity index (χ1v) is 9.90. The van der Waals surface area contributed by atoms with E-state index in [4.69, 9.17) is 9.15 Å². The zero-order valence-corrected chi connectivity index (χ0v) is 19.8. The third-order valence-electron chi connectivity index (χ3n) is 4.92. The van der Waals surface area contributed by atoms with E-state index < -0.39 is 0 Å². The molecule has 2 aromatic rings. The molecule has 0 saturated carbocycles. The lowest BCUT2D eigenvalue weighted by molar-refractivity contribution is 0.0124. The fraction of sp³-hybridized carbons (Fsp3) is 0.632. The SMILES string of the molecule is CCc1nncn1CCNC(=NC)NCC(c1ccc(C)o1)N1CCOCC1.I. The standard InChI is InChI=1S/C19H31N7O2.HI/c1-4-18-24-23-14-26(18)8-7-21-19(20-3)22-13-16(17-6-5-15(2)28-17)25-9-11-27-12-10-25;/h5-6,14,16H,4,7-13H2,1-3H3,(H2,20,21,22);1H. The van der Waals surface area contributed by atoms with Gasteiger partial charge < -0.3 is 24.4 Å². The molecule has 1 aliphatic heterocycles. The van der Waals surface area contributed by atoms with Crippen molar-refractivity contribution in [3.63, 3.8) is 0 Å². The minimum Gasteiger partial charge on any atom is -0.465 e. The van der Waals surface area contributed by atoms with Crippen LogP contribution in [0.25, 0.3) is 0 Å². The van der Waals surface area contributed by atoms with E-state index in [2.05, 4.69) is 48.3 Å². The molecule has 29 heavy (non-hydrogen) atoms. The second-order valence-corrected chi connectivity index (χ2v) is 6.79. The summed E-state index contributed by atoms with van der Waals surface area (Å²) < 4.78 is 13.5. The molecule has 10 heteroatoms. The maximum atomic E-state index is 5.92. The predicted octanol–water partition coefficient (Wildman–Crippen LogP) is 1.60. The number of aryl methyl sites for hydroxylation is 2. The van der Waals surface area contributed by atoms with Gasteiger partial charge in [-0.25, -0.2) is 0 Å². The first-order chi connectivity index (χ1) is 13.7. The van der Waals surface area contributed by atoms with Crippen molar-refractivity contribution in [3.05, 3.63) is 35.8 Å². The first-order valence-electron chi connectivity index (χ1n) is 9.90. The van der Waals surface area contributed by atoms with E-state index in [0.29, 0.717) is 6.54 Å². The smallest absolute Gasteiger partial charge is 0.191 e. The molecule has 0 aromatic carbocycles. The van der Waals surface area contributed by atoms with Gasteiger partial charge in [-0.15, -0.1) is 34.2 Å². The van der Waals surface area contributed by atoms with Crippen molar-refractivity contribution in [2.75, 3.05) is 46.4 Å². The van der Waals surface area contributed by atoms with Gasteiger partial charge in [0.05, 0.1) is 19.3 Å². The number of guanidine groups is 1. The van der Waals surface area contributed by atoms with Gasteiger partial charge in [-0.1, -0.05) is 6.92 Å². The van der Waals surface area contributed by atoms with Gasteiger partial charge in [0.15, 0.2) is 5.96 Å². The molecule has 1 unspecified atom stereocenters. The van der Waals surface area contributed by atoms with Gasteiger partial charge >= 0.3 is 0 Å². The minimum atomic E-state index is 0. The summed E-state index contributed by atoms with van der Waals surface area (Å²) in [6.45, 7) is 9.59. The van der Waals surface area contributed by atoms with E-state index in [-0.39, 0.29) is 30.0 Å². The van der Waals surface area contributed by atoms with Gasteiger partial charge in [0.2, 0.25) is 0 Å². The van der Waals surface area contributed by atoms with Crippen LogP contribution in [0.3, 0.4) is 0 Å². The number of nitrogens with one attached hydrogen (secondary N) is 2. The Morgan fingerprint density at radius 1 is 1.28 bits per heavy atom. The first kappa shape index (κ1) is 23.6. The normalized spacial score (nSPS) is 16.3. The quantitative estimate of drug-likeness (QED) is 0.312. The van der Waals surface area contributed by atoms with Crippen molar-refractivity contribution in [2.24, 2.45) is 4.99 Å². The van der Waals surface area contributed by atoms with E-state index in [1.165, 1.54) is 0 Å². The number of nitrogens with zero attached hydrogens (tertiary/aromatic N) is 5. The molecule has 1 saturated heterocycles. The monoisotopic (exact) mass is 517 g/mol. The largest absolute Gasteiger partial charge is 0.465 e. The average Bonchev–Trinajstić information content (AvgIpc) is 3.36. The Morgan fingerprint density at radius 3 is 2.72 bits per heavy atom. The van der Waals surface area contributed by atoms with E-state index in [1.54, 1.807) is 13.4 Å². The molecule has 3 heterocycles. The van der Waals surface area contributed by atoms with Crippen LogP contribution in [0, 0.1) is 6.92 Å². The van der Waals surface area contributed by atoms with Crippen LogP contribution < -0.4 is 10.6 Å². The summed E-state index contributed by atoms with van der Waals surface area (Å²) in [7, 11) is 1.78. The topological polar surface area (TPSA) is 92.7 Å². The summed E-state index contributed by atoms with van der Waals surface area (Å²) in [4.78, 5) is 6.74. The van der Waals surface area contributed by atoms with E-state index in [9.17, 15) is 0 Å². The van der Waals surface area contributed by atoms with E-state index in [1.807, 2.05) is 13.0 Å². The van der Waals surface area contributed by atoms with Crippen molar-refractivity contribution in [1.29, 1.82) is 0 Å². The molecule has 1 fully saturated rings. The predicted molar refractivity (Wildman–Crippen MR) is 123 cm³/mol. The fourth-order valence-electron chi connectivity index (χ4n) is 3.38. The van der Waals surface area contributed by atoms with Crippen LogP contribution in [-0.2, 0) is 17.7 Å². The molecule has 9 nitrogen and oxygen atoms in total. The van der Waals surface area contributed by atoms with Gasteiger partial charge in [-0.2, -0.15) is 0 Å². The highest BCUT2D eigenvalue weighted by molar-refractivity contribution is 14.0. The second kappa shape index (κ2) is 12.1. The summed E-state index contributed by atoms with van der Waals surface area (Å²) in [6.07, 6.45) is 2.64. The van der Waals surface area contributed by atoms with Gasteiger partial charge in [0.1, 0.15) is 23.7 Å². The second-order valence-electron chi connectivity index (χ2n) is 6.79. The maximum absolute atomic E-state index is 5.92. The number of ether oxygens (including phenoxy) is 1. The van der Waals surface area contributed by atoms with Crippen molar-refractivity contribution in [2.45, 2.75) is 32.9 Å². The third kappa shape index (κ3) is 6.68.